The number of carbonyl (C=O) groups excluding carboxylic acids is 2. The molecule has 2 unspecified atom stereocenters. The van der Waals surface area contributed by atoms with Crippen molar-refractivity contribution in [2.24, 2.45) is 0 Å². The number of aryl methyl sites for hydroxylation is 1. The Kier molecular flexibility index (Phi) is 5.95. The Labute approximate surface area is 189 Å². The monoisotopic (exact) mass is 433 g/mol. The number of nitrogens with zero attached hydrogens (tertiary/aromatic N) is 1. The Morgan fingerprint density at radius 2 is 1.72 bits per heavy atom. The van der Waals surface area contributed by atoms with Crippen LogP contribution < -0.4 is 0 Å². The van der Waals surface area contributed by atoms with Gasteiger partial charge in [-0.2, -0.15) is 0 Å². The van der Waals surface area contributed by atoms with Gasteiger partial charge < -0.3 is 14.7 Å². The molecule has 1 amide bonds. The van der Waals surface area contributed by atoms with E-state index in [1.807, 2.05) is 43.3 Å². The minimum absolute atomic E-state index is 0.0140. The summed E-state index contributed by atoms with van der Waals surface area (Å²) in [6.45, 7) is 9.39. The summed E-state index contributed by atoms with van der Waals surface area (Å²) in [5.74, 6) is -1.37. The molecular formula is C27H31NO4. The first-order valence-electron chi connectivity index (χ1n) is 11.2. The van der Waals surface area contributed by atoms with Gasteiger partial charge in [0.25, 0.3) is 11.7 Å². The maximum absolute atomic E-state index is 13.1. The van der Waals surface area contributed by atoms with Crippen LogP contribution in [0.25, 0.3) is 5.76 Å². The zero-order chi connectivity index (χ0) is 23.0. The Morgan fingerprint density at radius 1 is 1.06 bits per heavy atom. The van der Waals surface area contributed by atoms with Crippen molar-refractivity contribution in [3.05, 3.63) is 76.4 Å². The third kappa shape index (κ3) is 4.22. The van der Waals surface area contributed by atoms with Gasteiger partial charge in [0.1, 0.15) is 5.76 Å². The SMILES string of the molecule is Cc1ccc(C(O)=C2C(=O)C(=O)N(CC3CCCO3)C2c2ccc(C(C)(C)C)cc2)cc1. The second kappa shape index (κ2) is 8.55. The molecule has 2 heterocycles. The summed E-state index contributed by atoms with van der Waals surface area (Å²) < 4.78 is 5.76. The standard InChI is InChI=1S/C27H31NO4/c1-17-7-9-19(10-8-17)24(29)22-23(18-11-13-20(14-12-18)27(2,3)4)28(26(31)25(22)30)16-21-6-5-15-32-21/h7-14,21,23,29H,5-6,15-16H2,1-4H3. The third-order valence-corrected chi connectivity index (χ3v) is 6.38. The largest absolute Gasteiger partial charge is 0.507 e. The lowest BCUT2D eigenvalue weighted by atomic mass is 9.85. The third-order valence-electron chi connectivity index (χ3n) is 6.38. The van der Waals surface area contributed by atoms with Crippen molar-refractivity contribution in [2.75, 3.05) is 13.2 Å². The van der Waals surface area contributed by atoms with E-state index in [1.165, 1.54) is 0 Å². The summed E-state index contributed by atoms with van der Waals surface area (Å²) in [5, 5.41) is 11.1. The lowest BCUT2D eigenvalue weighted by Gasteiger charge is -2.28. The van der Waals surface area contributed by atoms with E-state index in [1.54, 1.807) is 17.0 Å². The molecule has 2 aromatic carbocycles. The summed E-state index contributed by atoms with van der Waals surface area (Å²) in [6.07, 6.45) is 1.71. The Morgan fingerprint density at radius 3 is 2.28 bits per heavy atom. The highest BCUT2D eigenvalue weighted by Gasteiger charge is 2.47. The van der Waals surface area contributed by atoms with E-state index in [-0.39, 0.29) is 22.9 Å². The van der Waals surface area contributed by atoms with Gasteiger partial charge in [-0.15, -0.1) is 0 Å². The quantitative estimate of drug-likeness (QED) is 0.423. The van der Waals surface area contributed by atoms with Gasteiger partial charge in [-0.1, -0.05) is 74.9 Å². The number of ether oxygens (including phenoxy) is 1. The number of hydrogen-bond acceptors (Lipinski definition) is 4. The van der Waals surface area contributed by atoms with Crippen LogP contribution in [0.3, 0.4) is 0 Å². The molecule has 2 atom stereocenters. The number of carbonyl (C=O) groups is 2. The van der Waals surface area contributed by atoms with Gasteiger partial charge in [-0.3, -0.25) is 9.59 Å². The Hall–Kier alpha value is -2.92. The minimum Gasteiger partial charge on any atom is -0.507 e. The average Bonchev–Trinajstić information content (AvgIpc) is 3.36. The number of Topliss-reactive ketones (excluding diaryl/α,β-unsaturated/α-hetero) is 1. The molecule has 0 bridgehead atoms. The topological polar surface area (TPSA) is 66.8 Å². The summed E-state index contributed by atoms with van der Waals surface area (Å²) in [5.41, 5.74) is 3.68. The molecule has 5 heteroatoms. The predicted octanol–water partition coefficient (Wildman–Crippen LogP) is 4.89. The van der Waals surface area contributed by atoms with Crippen molar-refractivity contribution in [1.29, 1.82) is 0 Å². The molecule has 0 aromatic heterocycles. The van der Waals surface area contributed by atoms with Gasteiger partial charge >= 0.3 is 0 Å². The van der Waals surface area contributed by atoms with Crippen LogP contribution in [0.2, 0.25) is 0 Å². The maximum atomic E-state index is 13.1. The molecule has 2 aliphatic rings. The molecule has 0 radical (unpaired) electrons. The zero-order valence-electron chi connectivity index (χ0n) is 19.2. The van der Waals surface area contributed by atoms with Gasteiger partial charge in [0.15, 0.2) is 0 Å². The average molecular weight is 434 g/mol. The van der Waals surface area contributed by atoms with Crippen molar-refractivity contribution in [3.8, 4) is 0 Å². The van der Waals surface area contributed by atoms with Gasteiger partial charge in [-0.05, 0) is 36.3 Å². The first kappa shape index (κ1) is 22.3. The lowest BCUT2D eigenvalue weighted by molar-refractivity contribution is -0.140. The second-order valence-corrected chi connectivity index (χ2v) is 9.82. The van der Waals surface area contributed by atoms with Gasteiger partial charge in [0, 0.05) is 18.7 Å². The molecule has 2 fully saturated rings. The first-order valence-corrected chi connectivity index (χ1v) is 11.2. The zero-order valence-corrected chi connectivity index (χ0v) is 19.2. The molecule has 5 nitrogen and oxygen atoms in total. The molecule has 2 saturated heterocycles. The minimum atomic E-state index is -0.647. The van der Waals surface area contributed by atoms with E-state index in [9.17, 15) is 14.7 Å². The van der Waals surface area contributed by atoms with E-state index < -0.39 is 17.7 Å². The number of likely N-dealkylation sites (tertiary alicyclic amines) is 1. The number of aliphatic hydroxyl groups is 1. The van der Waals surface area contributed by atoms with E-state index in [4.69, 9.17) is 4.74 Å². The number of hydrogen-bond donors (Lipinski definition) is 1. The van der Waals surface area contributed by atoms with Gasteiger partial charge in [-0.25, -0.2) is 0 Å². The van der Waals surface area contributed by atoms with Crippen LogP contribution in [0.4, 0.5) is 0 Å². The fourth-order valence-corrected chi connectivity index (χ4v) is 4.45. The van der Waals surface area contributed by atoms with Crippen LogP contribution in [0.15, 0.2) is 54.1 Å². The van der Waals surface area contributed by atoms with Gasteiger partial charge in [0.05, 0.1) is 17.7 Å². The molecule has 2 aromatic rings. The highest BCUT2D eigenvalue weighted by molar-refractivity contribution is 6.46. The predicted molar refractivity (Wildman–Crippen MR) is 124 cm³/mol. The van der Waals surface area contributed by atoms with Crippen LogP contribution in [0.1, 0.15) is 61.9 Å². The highest BCUT2D eigenvalue weighted by Crippen LogP contribution is 2.40. The number of rotatable bonds is 4. The van der Waals surface area contributed by atoms with Crippen LogP contribution in [-0.2, 0) is 19.7 Å². The van der Waals surface area contributed by atoms with E-state index in [0.29, 0.717) is 18.7 Å². The number of benzene rings is 2. The molecule has 168 valence electrons. The summed E-state index contributed by atoms with van der Waals surface area (Å²) in [6, 6.07) is 14.7. The van der Waals surface area contributed by atoms with Crippen LogP contribution >= 0.6 is 0 Å². The van der Waals surface area contributed by atoms with Crippen molar-refractivity contribution in [2.45, 2.75) is 58.1 Å². The lowest BCUT2D eigenvalue weighted by Crippen LogP contribution is -2.36. The van der Waals surface area contributed by atoms with Crippen molar-refractivity contribution >= 4 is 17.4 Å². The molecule has 0 saturated carbocycles. The summed E-state index contributed by atoms with van der Waals surface area (Å²) in [4.78, 5) is 27.8. The van der Waals surface area contributed by atoms with Crippen molar-refractivity contribution < 1.29 is 19.4 Å². The fourth-order valence-electron chi connectivity index (χ4n) is 4.45. The van der Waals surface area contributed by atoms with Crippen LogP contribution in [-0.4, -0.2) is 41.0 Å². The highest BCUT2D eigenvalue weighted by atomic mass is 16.5. The Bertz CT molecular complexity index is 1040. The Balaban J connectivity index is 1.81. The van der Waals surface area contributed by atoms with Crippen LogP contribution in [0.5, 0.6) is 0 Å². The number of amides is 1. The number of ketones is 1. The van der Waals surface area contributed by atoms with Crippen LogP contribution in [0, 0.1) is 6.92 Å². The van der Waals surface area contributed by atoms with Crippen molar-refractivity contribution in [1.82, 2.24) is 4.90 Å². The van der Waals surface area contributed by atoms with E-state index >= 15 is 0 Å². The second-order valence-electron chi connectivity index (χ2n) is 9.82. The van der Waals surface area contributed by atoms with Gasteiger partial charge in [0.2, 0.25) is 0 Å². The maximum Gasteiger partial charge on any atom is 0.295 e. The molecule has 2 aliphatic heterocycles. The summed E-state index contributed by atoms with van der Waals surface area (Å²) in [7, 11) is 0. The fraction of sp³-hybridized carbons (Fsp3) is 0.407. The smallest absolute Gasteiger partial charge is 0.295 e. The first-order chi connectivity index (χ1) is 15.2. The number of aliphatic hydroxyl groups excluding tert-OH is 1. The molecule has 32 heavy (non-hydrogen) atoms. The molecular weight excluding hydrogens is 402 g/mol. The molecule has 4 rings (SSSR count). The molecule has 0 spiro atoms. The molecule has 0 aliphatic carbocycles. The van der Waals surface area contributed by atoms with Crippen molar-refractivity contribution in [3.63, 3.8) is 0 Å². The molecule has 1 N–H and O–H groups in total. The van der Waals surface area contributed by atoms with E-state index in [2.05, 4.69) is 20.8 Å². The summed E-state index contributed by atoms with van der Waals surface area (Å²) >= 11 is 0. The normalized spacial score (nSPS) is 23.2. The van der Waals surface area contributed by atoms with E-state index in [0.717, 1.165) is 29.5 Å².